The number of benzene rings is 1. The molecule has 0 aliphatic carbocycles. The minimum absolute atomic E-state index is 0.0236. The van der Waals surface area contributed by atoms with Gasteiger partial charge in [-0.25, -0.2) is 9.78 Å². The molecule has 116 valence electrons. The van der Waals surface area contributed by atoms with Crippen molar-refractivity contribution in [2.45, 2.75) is 25.8 Å². The Kier molecular flexibility index (Phi) is 4.40. The highest BCUT2D eigenvalue weighted by molar-refractivity contribution is 7.13. The van der Waals surface area contributed by atoms with Crippen molar-refractivity contribution in [3.05, 3.63) is 35.3 Å². The zero-order valence-corrected chi connectivity index (χ0v) is 13.3. The highest BCUT2D eigenvalue weighted by atomic mass is 32.1. The predicted octanol–water partition coefficient (Wildman–Crippen LogP) is 3.11. The number of carbonyl (C=O) groups is 1. The minimum atomic E-state index is -0.144. The number of carbonyl (C=O) groups excluding carboxylic acids is 1. The number of aliphatic hydroxyl groups excluding tert-OH is 1. The first-order valence-corrected chi connectivity index (χ1v) is 8.26. The Labute approximate surface area is 133 Å². The Morgan fingerprint density at radius 3 is 2.86 bits per heavy atom. The van der Waals surface area contributed by atoms with E-state index in [0.717, 1.165) is 34.8 Å². The first kappa shape index (κ1) is 15.0. The van der Waals surface area contributed by atoms with Gasteiger partial charge in [-0.15, -0.1) is 11.3 Å². The molecule has 0 spiro atoms. The summed E-state index contributed by atoms with van der Waals surface area (Å²) in [5.41, 5.74) is 2.82. The molecule has 1 aromatic heterocycles. The summed E-state index contributed by atoms with van der Waals surface area (Å²) in [4.78, 5) is 18.4. The summed E-state index contributed by atoms with van der Waals surface area (Å²) in [6, 6.07) is 7.48. The van der Waals surface area contributed by atoms with Crippen LogP contribution in [0.5, 0.6) is 0 Å². The molecule has 0 radical (unpaired) electrons. The maximum atomic E-state index is 12.2. The van der Waals surface area contributed by atoms with E-state index in [9.17, 15) is 9.90 Å². The fourth-order valence-electron chi connectivity index (χ4n) is 2.67. The second kappa shape index (κ2) is 6.46. The first-order chi connectivity index (χ1) is 10.7. The molecular weight excluding hydrogens is 298 g/mol. The fourth-order valence-corrected chi connectivity index (χ4v) is 3.47. The van der Waals surface area contributed by atoms with E-state index in [1.165, 1.54) is 0 Å². The first-order valence-electron chi connectivity index (χ1n) is 7.38. The van der Waals surface area contributed by atoms with Crippen molar-refractivity contribution in [2.75, 3.05) is 18.5 Å². The second-order valence-corrected chi connectivity index (χ2v) is 6.33. The van der Waals surface area contributed by atoms with E-state index in [2.05, 4.69) is 10.3 Å². The third-order valence-electron chi connectivity index (χ3n) is 3.85. The third-order valence-corrected chi connectivity index (χ3v) is 4.86. The lowest BCUT2D eigenvalue weighted by Gasteiger charge is -2.23. The Morgan fingerprint density at radius 2 is 2.23 bits per heavy atom. The Bertz CT molecular complexity index is 654. The maximum absolute atomic E-state index is 12.2. The zero-order chi connectivity index (χ0) is 15.5. The van der Waals surface area contributed by atoms with Crippen LogP contribution >= 0.6 is 11.3 Å². The number of amides is 2. The number of likely N-dealkylation sites (tertiary alicyclic amines) is 1. The molecule has 0 unspecified atom stereocenters. The van der Waals surface area contributed by atoms with Gasteiger partial charge in [-0.05, 0) is 44.0 Å². The van der Waals surface area contributed by atoms with Crippen molar-refractivity contribution >= 4 is 23.1 Å². The molecule has 0 bridgehead atoms. The molecule has 0 saturated carbocycles. The van der Waals surface area contributed by atoms with Gasteiger partial charge >= 0.3 is 6.03 Å². The van der Waals surface area contributed by atoms with Crippen molar-refractivity contribution < 1.29 is 9.90 Å². The summed E-state index contributed by atoms with van der Waals surface area (Å²) >= 11 is 1.61. The Balaban J connectivity index is 1.67. The van der Waals surface area contributed by atoms with Gasteiger partial charge in [0.05, 0.1) is 12.6 Å². The molecule has 1 aliphatic heterocycles. The number of urea groups is 1. The number of rotatable bonds is 3. The summed E-state index contributed by atoms with van der Waals surface area (Å²) < 4.78 is 0. The lowest BCUT2D eigenvalue weighted by atomic mass is 10.2. The molecule has 1 saturated heterocycles. The standard InChI is InChI=1S/C16H19N3O2S/c1-11-10-22-15(17-11)12-4-6-13(7-5-12)18-16(21)19-8-2-3-14(19)9-20/h4-7,10,14,20H,2-3,8-9H2,1H3,(H,18,21)/t14-/m0/s1. The number of anilines is 1. The van der Waals surface area contributed by atoms with Crippen molar-refractivity contribution in [1.29, 1.82) is 0 Å². The van der Waals surface area contributed by atoms with Crippen LogP contribution in [0.3, 0.4) is 0 Å². The van der Waals surface area contributed by atoms with E-state index < -0.39 is 0 Å². The average Bonchev–Trinajstić information content (AvgIpc) is 3.16. The SMILES string of the molecule is Cc1csc(-c2ccc(NC(=O)N3CCC[C@H]3CO)cc2)n1. The fraction of sp³-hybridized carbons (Fsp3) is 0.375. The lowest BCUT2D eigenvalue weighted by molar-refractivity contribution is 0.166. The molecule has 2 amide bonds. The molecule has 1 fully saturated rings. The number of nitrogens with zero attached hydrogens (tertiary/aromatic N) is 2. The molecule has 1 aromatic carbocycles. The smallest absolute Gasteiger partial charge is 0.322 e. The monoisotopic (exact) mass is 317 g/mol. The number of hydrogen-bond acceptors (Lipinski definition) is 4. The minimum Gasteiger partial charge on any atom is -0.394 e. The van der Waals surface area contributed by atoms with Crippen LogP contribution in [0.1, 0.15) is 18.5 Å². The molecule has 1 aliphatic rings. The van der Waals surface area contributed by atoms with Crippen molar-refractivity contribution in [3.63, 3.8) is 0 Å². The van der Waals surface area contributed by atoms with Gasteiger partial charge in [0.15, 0.2) is 0 Å². The molecule has 3 rings (SSSR count). The van der Waals surface area contributed by atoms with Crippen LogP contribution in [0.25, 0.3) is 10.6 Å². The van der Waals surface area contributed by atoms with E-state index in [1.807, 2.05) is 36.6 Å². The zero-order valence-electron chi connectivity index (χ0n) is 12.5. The van der Waals surface area contributed by atoms with E-state index in [1.54, 1.807) is 16.2 Å². The van der Waals surface area contributed by atoms with Gasteiger partial charge in [0.1, 0.15) is 5.01 Å². The molecule has 22 heavy (non-hydrogen) atoms. The van der Waals surface area contributed by atoms with Crippen molar-refractivity contribution in [2.24, 2.45) is 0 Å². The summed E-state index contributed by atoms with van der Waals surface area (Å²) in [5, 5.41) is 15.2. The molecule has 6 heteroatoms. The molecule has 5 nitrogen and oxygen atoms in total. The van der Waals surface area contributed by atoms with Crippen LogP contribution in [0.15, 0.2) is 29.6 Å². The van der Waals surface area contributed by atoms with Gasteiger partial charge in [0.25, 0.3) is 0 Å². The number of thiazole rings is 1. The van der Waals surface area contributed by atoms with Gasteiger partial charge in [-0.3, -0.25) is 0 Å². The predicted molar refractivity (Wildman–Crippen MR) is 88.1 cm³/mol. The maximum Gasteiger partial charge on any atom is 0.322 e. The summed E-state index contributed by atoms with van der Waals surface area (Å²) in [7, 11) is 0. The van der Waals surface area contributed by atoms with Gasteiger partial charge < -0.3 is 15.3 Å². The second-order valence-electron chi connectivity index (χ2n) is 5.47. The van der Waals surface area contributed by atoms with Gasteiger partial charge in [-0.1, -0.05) is 0 Å². The molecule has 1 atom stereocenters. The van der Waals surface area contributed by atoms with E-state index >= 15 is 0 Å². The van der Waals surface area contributed by atoms with Crippen LogP contribution in [0, 0.1) is 6.92 Å². The molecular formula is C16H19N3O2S. The van der Waals surface area contributed by atoms with Crippen LogP contribution in [-0.2, 0) is 0 Å². The van der Waals surface area contributed by atoms with E-state index in [4.69, 9.17) is 0 Å². The average molecular weight is 317 g/mol. The molecule has 2 aromatic rings. The van der Waals surface area contributed by atoms with Crippen LogP contribution in [-0.4, -0.2) is 40.2 Å². The molecule has 2 heterocycles. The highest BCUT2D eigenvalue weighted by Crippen LogP contribution is 2.25. The van der Waals surface area contributed by atoms with E-state index in [-0.39, 0.29) is 18.7 Å². The quantitative estimate of drug-likeness (QED) is 0.914. The van der Waals surface area contributed by atoms with Gasteiger partial charge in [0, 0.05) is 28.9 Å². The normalized spacial score (nSPS) is 17.7. The van der Waals surface area contributed by atoms with Gasteiger partial charge in [-0.2, -0.15) is 0 Å². The van der Waals surface area contributed by atoms with Gasteiger partial charge in [0.2, 0.25) is 0 Å². The van der Waals surface area contributed by atoms with Crippen LogP contribution in [0.4, 0.5) is 10.5 Å². The van der Waals surface area contributed by atoms with Crippen molar-refractivity contribution in [1.82, 2.24) is 9.88 Å². The number of nitrogens with one attached hydrogen (secondary N) is 1. The van der Waals surface area contributed by atoms with E-state index in [0.29, 0.717) is 6.54 Å². The topological polar surface area (TPSA) is 65.5 Å². The van der Waals surface area contributed by atoms with Crippen LogP contribution < -0.4 is 5.32 Å². The van der Waals surface area contributed by atoms with Crippen molar-refractivity contribution in [3.8, 4) is 10.6 Å². The third kappa shape index (κ3) is 3.13. The summed E-state index contributed by atoms with van der Waals surface area (Å²) in [5.74, 6) is 0. The Morgan fingerprint density at radius 1 is 1.45 bits per heavy atom. The lowest BCUT2D eigenvalue weighted by Crippen LogP contribution is -2.40. The number of aryl methyl sites for hydroxylation is 1. The largest absolute Gasteiger partial charge is 0.394 e. The summed E-state index contributed by atoms with van der Waals surface area (Å²) in [6.45, 7) is 2.70. The Hall–Kier alpha value is -1.92. The highest BCUT2D eigenvalue weighted by Gasteiger charge is 2.27. The number of aromatic nitrogens is 1. The molecule has 2 N–H and O–H groups in total. The van der Waals surface area contributed by atoms with Crippen LogP contribution in [0.2, 0.25) is 0 Å². The number of hydrogen-bond donors (Lipinski definition) is 2. The number of aliphatic hydroxyl groups is 1. The summed E-state index contributed by atoms with van der Waals surface area (Å²) in [6.07, 6.45) is 1.81.